The second-order valence-electron chi connectivity index (χ2n) is 7.32. The van der Waals surface area contributed by atoms with E-state index in [-0.39, 0.29) is 19.1 Å². The van der Waals surface area contributed by atoms with Crippen LogP contribution in [0.2, 0.25) is 0 Å². The molecule has 3 N–H and O–H groups in total. The molecule has 0 saturated carbocycles. The number of carbonyl (C=O) groups is 2. The summed E-state index contributed by atoms with van der Waals surface area (Å²) in [5.41, 5.74) is 9.21. The van der Waals surface area contributed by atoms with Gasteiger partial charge in [0.05, 0.1) is 0 Å². The molecule has 1 aliphatic rings. The summed E-state index contributed by atoms with van der Waals surface area (Å²) in [5.74, 6) is -3.34. The number of carbonyl (C=O) groups excluding carboxylic acids is 1. The highest BCUT2D eigenvalue weighted by Crippen LogP contribution is 2.44. The highest BCUT2D eigenvalue weighted by Gasteiger charge is 2.42. The van der Waals surface area contributed by atoms with E-state index in [2.05, 4.69) is 0 Å². The predicted octanol–water partition coefficient (Wildman–Crippen LogP) is 3.03. The Bertz CT molecular complexity index is 798. The van der Waals surface area contributed by atoms with E-state index < -0.39 is 23.3 Å². The molecule has 0 radical (unpaired) electrons. The van der Waals surface area contributed by atoms with Crippen molar-refractivity contribution in [1.82, 2.24) is 0 Å². The Labute approximate surface area is 152 Å². The number of hydrogen-bond acceptors (Lipinski definition) is 4. The van der Waals surface area contributed by atoms with Gasteiger partial charge in [-0.1, -0.05) is 62.4 Å². The van der Waals surface area contributed by atoms with Crippen molar-refractivity contribution >= 4 is 11.9 Å². The average Bonchev–Trinajstić information content (AvgIpc) is 2.93. The van der Waals surface area contributed by atoms with Gasteiger partial charge in [0, 0.05) is 11.3 Å². The molecular weight excluding hydrogens is 330 g/mol. The molecule has 1 aliphatic carbocycles. The van der Waals surface area contributed by atoms with Crippen molar-refractivity contribution in [3.05, 3.63) is 59.7 Å². The molecule has 0 amide bonds. The lowest BCUT2D eigenvalue weighted by Gasteiger charge is -2.28. The summed E-state index contributed by atoms with van der Waals surface area (Å²) < 4.78 is 5.48. The molecule has 0 aliphatic heterocycles. The Morgan fingerprint density at radius 2 is 1.58 bits per heavy atom. The Balaban J connectivity index is 1.84. The summed E-state index contributed by atoms with van der Waals surface area (Å²) in [7, 11) is 0. The van der Waals surface area contributed by atoms with Crippen LogP contribution in [0.25, 0.3) is 11.1 Å². The smallest absolute Gasteiger partial charge is 0.320 e. The van der Waals surface area contributed by atoms with E-state index in [0.717, 1.165) is 22.3 Å². The fourth-order valence-corrected chi connectivity index (χ4v) is 3.56. The van der Waals surface area contributed by atoms with Crippen LogP contribution in [0.5, 0.6) is 0 Å². The first kappa shape index (κ1) is 18.1. The van der Waals surface area contributed by atoms with Crippen molar-refractivity contribution < 1.29 is 19.4 Å². The highest BCUT2D eigenvalue weighted by molar-refractivity contribution is 5.95. The summed E-state index contributed by atoms with van der Waals surface area (Å²) in [5, 5.41) is 9.46. The topological polar surface area (TPSA) is 89.6 Å². The van der Waals surface area contributed by atoms with Crippen LogP contribution in [0, 0.1) is 11.3 Å². The quantitative estimate of drug-likeness (QED) is 0.615. The van der Waals surface area contributed by atoms with Gasteiger partial charge in [-0.3, -0.25) is 9.59 Å². The molecule has 0 saturated heterocycles. The number of esters is 1. The fourth-order valence-electron chi connectivity index (χ4n) is 3.56. The molecule has 26 heavy (non-hydrogen) atoms. The van der Waals surface area contributed by atoms with E-state index in [9.17, 15) is 14.7 Å². The van der Waals surface area contributed by atoms with Gasteiger partial charge in [0.1, 0.15) is 6.61 Å². The molecular formula is C21H23NO4. The molecule has 0 bridgehead atoms. The zero-order valence-corrected chi connectivity index (χ0v) is 14.9. The van der Waals surface area contributed by atoms with Crippen LogP contribution >= 0.6 is 0 Å². The lowest BCUT2D eigenvalue weighted by molar-refractivity contribution is -0.164. The molecule has 2 aromatic carbocycles. The molecule has 136 valence electrons. The highest BCUT2D eigenvalue weighted by atomic mass is 16.5. The van der Waals surface area contributed by atoms with Crippen LogP contribution in [0.1, 0.15) is 30.9 Å². The maximum absolute atomic E-state index is 12.5. The number of aliphatic carboxylic acids is 1. The molecule has 2 aromatic rings. The van der Waals surface area contributed by atoms with Crippen LogP contribution in [0.15, 0.2) is 48.5 Å². The number of ether oxygens (including phenoxy) is 1. The Morgan fingerprint density at radius 3 is 2.04 bits per heavy atom. The largest absolute Gasteiger partial charge is 0.481 e. The first-order valence-corrected chi connectivity index (χ1v) is 8.64. The van der Waals surface area contributed by atoms with Crippen LogP contribution < -0.4 is 5.73 Å². The Hall–Kier alpha value is -2.66. The third-order valence-electron chi connectivity index (χ3n) is 5.15. The fraction of sp³-hybridized carbons (Fsp3) is 0.333. The van der Waals surface area contributed by atoms with Crippen LogP contribution in [0.3, 0.4) is 0 Å². The number of benzene rings is 2. The van der Waals surface area contributed by atoms with Gasteiger partial charge in [0.2, 0.25) is 0 Å². The van der Waals surface area contributed by atoms with Gasteiger partial charge in [-0.05, 0) is 28.8 Å². The van der Waals surface area contributed by atoms with E-state index in [1.54, 1.807) is 13.8 Å². The maximum Gasteiger partial charge on any atom is 0.320 e. The first-order chi connectivity index (χ1) is 12.4. The van der Waals surface area contributed by atoms with Gasteiger partial charge in [-0.15, -0.1) is 0 Å². The van der Waals surface area contributed by atoms with E-state index >= 15 is 0 Å². The van der Waals surface area contributed by atoms with Crippen molar-refractivity contribution in [3.63, 3.8) is 0 Å². The number of hydrogen-bond donors (Lipinski definition) is 2. The summed E-state index contributed by atoms with van der Waals surface area (Å²) in [4.78, 5) is 24.1. The molecule has 5 nitrogen and oxygen atoms in total. The average molecular weight is 353 g/mol. The minimum atomic E-state index is -1.29. The van der Waals surface area contributed by atoms with Crippen molar-refractivity contribution in [2.24, 2.45) is 17.1 Å². The SMILES string of the molecule is CC(C)(CN)C(C(=O)O)C(=O)OCC1c2ccccc2-c2ccccc21. The number of carboxylic acids is 1. The monoisotopic (exact) mass is 353 g/mol. The third-order valence-corrected chi connectivity index (χ3v) is 5.15. The third kappa shape index (κ3) is 3.10. The predicted molar refractivity (Wildman–Crippen MR) is 98.6 cm³/mol. The molecule has 0 aromatic heterocycles. The zero-order chi connectivity index (χ0) is 18.9. The van der Waals surface area contributed by atoms with Crippen LogP contribution in [-0.2, 0) is 14.3 Å². The number of rotatable bonds is 6. The number of carboxylic acid groups (broad SMARTS) is 1. The Morgan fingerprint density at radius 1 is 1.08 bits per heavy atom. The van der Waals surface area contributed by atoms with Gasteiger partial charge < -0.3 is 15.6 Å². The second-order valence-corrected chi connectivity index (χ2v) is 7.32. The lowest BCUT2D eigenvalue weighted by Crippen LogP contribution is -2.43. The van der Waals surface area contributed by atoms with Crippen molar-refractivity contribution in [1.29, 1.82) is 0 Å². The van der Waals surface area contributed by atoms with E-state index in [1.165, 1.54) is 0 Å². The molecule has 1 unspecified atom stereocenters. The first-order valence-electron chi connectivity index (χ1n) is 8.64. The molecule has 5 heteroatoms. The zero-order valence-electron chi connectivity index (χ0n) is 14.9. The molecule has 0 heterocycles. The minimum Gasteiger partial charge on any atom is -0.481 e. The van der Waals surface area contributed by atoms with E-state index in [1.807, 2.05) is 48.5 Å². The lowest BCUT2D eigenvalue weighted by atomic mass is 9.79. The summed E-state index contributed by atoms with van der Waals surface area (Å²) in [6.45, 7) is 3.51. The van der Waals surface area contributed by atoms with Gasteiger partial charge in [-0.25, -0.2) is 0 Å². The van der Waals surface area contributed by atoms with Crippen molar-refractivity contribution in [2.75, 3.05) is 13.2 Å². The maximum atomic E-state index is 12.5. The van der Waals surface area contributed by atoms with Crippen molar-refractivity contribution in [3.8, 4) is 11.1 Å². The minimum absolute atomic E-state index is 0.0775. The Kier molecular flexibility index (Phi) is 4.83. The van der Waals surface area contributed by atoms with Crippen LogP contribution in [0.4, 0.5) is 0 Å². The molecule has 3 rings (SSSR count). The van der Waals surface area contributed by atoms with Gasteiger partial charge in [-0.2, -0.15) is 0 Å². The normalized spacial score (nSPS) is 14.4. The van der Waals surface area contributed by atoms with Gasteiger partial charge in [0.25, 0.3) is 0 Å². The molecule has 0 fully saturated rings. The number of fused-ring (bicyclic) bond motifs is 3. The molecule has 1 atom stereocenters. The molecule has 0 spiro atoms. The summed E-state index contributed by atoms with van der Waals surface area (Å²) >= 11 is 0. The standard InChI is InChI=1S/C21H23NO4/c1-21(2,12-22)18(19(23)24)20(25)26-11-17-15-9-5-3-7-13(15)14-8-4-6-10-16(14)17/h3-10,17-18H,11-12,22H2,1-2H3,(H,23,24). The van der Waals surface area contributed by atoms with Crippen molar-refractivity contribution in [2.45, 2.75) is 19.8 Å². The second kappa shape index (κ2) is 6.92. The number of nitrogens with two attached hydrogens (primary N) is 1. The summed E-state index contributed by atoms with van der Waals surface area (Å²) in [6.07, 6.45) is 0. The summed E-state index contributed by atoms with van der Waals surface area (Å²) in [6, 6.07) is 16.0. The van der Waals surface area contributed by atoms with Gasteiger partial charge >= 0.3 is 11.9 Å². The van der Waals surface area contributed by atoms with Gasteiger partial charge in [0.15, 0.2) is 5.92 Å². The van der Waals surface area contributed by atoms with E-state index in [4.69, 9.17) is 10.5 Å². The van der Waals surface area contributed by atoms with Crippen LogP contribution in [-0.4, -0.2) is 30.2 Å². The van der Waals surface area contributed by atoms with E-state index in [0.29, 0.717) is 0 Å².